The van der Waals surface area contributed by atoms with E-state index in [4.69, 9.17) is 0 Å². The predicted molar refractivity (Wildman–Crippen MR) is 67.9 cm³/mol. The van der Waals surface area contributed by atoms with Gasteiger partial charge in [0.1, 0.15) is 0 Å². The van der Waals surface area contributed by atoms with E-state index in [2.05, 4.69) is 4.98 Å². The van der Waals surface area contributed by atoms with Crippen LogP contribution in [-0.4, -0.2) is 4.98 Å². The van der Waals surface area contributed by atoms with Crippen molar-refractivity contribution in [3.8, 4) is 11.1 Å². The zero-order chi connectivity index (χ0) is 11.0. The molecular weight excluding hydrogens is 218 g/mol. The first-order valence-corrected chi connectivity index (χ1v) is 5.93. The average molecular weight is 227 g/mol. The molecule has 0 unspecified atom stereocenters. The Bertz CT molecular complexity index is 682. The highest BCUT2D eigenvalue weighted by Crippen LogP contribution is 2.21. The second-order valence-corrected chi connectivity index (χ2v) is 4.39. The van der Waals surface area contributed by atoms with Crippen molar-refractivity contribution in [2.24, 2.45) is 0 Å². The molecule has 1 aromatic carbocycles. The Morgan fingerprint density at radius 3 is 2.81 bits per heavy atom. The van der Waals surface area contributed by atoms with E-state index in [-0.39, 0.29) is 5.56 Å². The standard InChI is InChI=1S/C13H9NOS/c15-13-11(10-5-6-16-8-10)7-9-3-1-2-4-12(9)14-13/h1-8H,(H,14,15). The maximum atomic E-state index is 11.9. The van der Waals surface area contributed by atoms with Crippen molar-refractivity contribution in [2.75, 3.05) is 0 Å². The van der Waals surface area contributed by atoms with Gasteiger partial charge in [-0.2, -0.15) is 11.3 Å². The Kier molecular flexibility index (Phi) is 2.11. The van der Waals surface area contributed by atoms with Gasteiger partial charge in [-0.25, -0.2) is 0 Å². The van der Waals surface area contributed by atoms with E-state index in [0.717, 1.165) is 22.0 Å². The summed E-state index contributed by atoms with van der Waals surface area (Å²) < 4.78 is 0. The van der Waals surface area contributed by atoms with Crippen molar-refractivity contribution in [1.29, 1.82) is 0 Å². The number of thiophene rings is 1. The lowest BCUT2D eigenvalue weighted by Crippen LogP contribution is -2.07. The topological polar surface area (TPSA) is 32.9 Å². The van der Waals surface area contributed by atoms with Gasteiger partial charge in [-0.3, -0.25) is 4.79 Å². The fraction of sp³-hybridized carbons (Fsp3) is 0. The van der Waals surface area contributed by atoms with Gasteiger partial charge in [0.05, 0.1) is 0 Å². The molecule has 3 rings (SSSR count). The number of nitrogens with one attached hydrogen (secondary N) is 1. The molecule has 0 fully saturated rings. The minimum Gasteiger partial charge on any atom is -0.321 e. The van der Waals surface area contributed by atoms with Crippen molar-refractivity contribution in [1.82, 2.24) is 4.98 Å². The molecule has 3 aromatic rings. The molecule has 2 aromatic heterocycles. The van der Waals surface area contributed by atoms with Gasteiger partial charge in [-0.1, -0.05) is 18.2 Å². The van der Waals surface area contributed by atoms with E-state index < -0.39 is 0 Å². The fourth-order valence-corrected chi connectivity index (χ4v) is 2.44. The number of aromatic nitrogens is 1. The Morgan fingerprint density at radius 2 is 2.00 bits per heavy atom. The summed E-state index contributed by atoms with van der Waals surface area (Å²) in [5, 5.41) is 5.02. The van der Waals surface area contributed by atoms with Gasteiger partial charge in [-0.05, 0) is 39.9 Å². The minimum atomic E-state index is -0.0305. The molecule has 0 aliphatic rings. The summed E-state index contributed by atoms with van der Waals surface area (Å²) >= 11 is 1.60. The number of hydrogen-bond donors (Lipinski definition) is 1. The monoisotopic (exact) mass is 227 g/mol. The smallest absolute Gasteiger partial charge is 0.256 e. The number of aromatic amines is 1. The summed E-state index contributed by atoms with van der Waals surface area (Å²) in [6.07, 6.45) is 0. The van der Waals surface area contributed by atoms with Crippen molar-refractivity contribution >= 4 is 22.2 Å². The van der Waals surface area contributed by atoms with E-state index in [1.54, 1.807) is 11.3 Å². The van der Waals surface area contributed by atoms with Crippen LogP contribution >= 0.6 is 11.3 Å². The number of pyridine rings is 1. The highest BCUT2D eigenvalue weighted by atomic mass is 32.1. The van der Waals surface area contributed by atoms with Crippen molar-refractivity contribution in [3.05, 3.63) is 57.5 Å². The van der Waals surface area contributed by atoms with Crippen LogP contribution in [0.5, 0.6) is 0 Å². The molecule has 0 atom stereocenters. The van der Waals surface area contributed by atoms with Crippen LogP contribution in [0.1, 0.15) is 0 Å². The van der Waals surface area contributed by atoms with Crippen LogP contribution < -0.4 is 5.56 Å². The molecule has 3 heteroatoms. The van der Waals surface area contributed by atoms with Gasteiger partial charge in [0.2, 0.25) is 0 Å². The maximum absolute atomic E-state index is 11.9. The zero-order valence-corrected chi connectivity index (χ0v) is 9.25. The van der Waals surface area contributed by atoms with E-state index >= 15 is 0 Å². The van der Waals surface area contributed by atoms with Crippen molar-refractivity contribution in [3.63, 3.8) is 0 Å². The first-order valence-electron chi connectivity index (χ1n) is 4.99. The van der Waals surface area contributed by atoms with E-state index in [1.807, 2.05) is 47.2 Å². The summed E-state index contributed by atoms with van der Waals surface area (Å²) in [6.45, 7) is 0. The number of benzene rings is 1. The largest absolute Gasteiger partial charge is 0.321 e. The summed E-state index contributed by atoms with van der Waals surface area (Å²) in [4.78, 5) is 14.8. The van der Waals surface area contributed by atoms with Crippen LogP contribution in [0.2, 0.25) is 0 Å². The Labute approximate surface area is 96.2 Å². The molecule has 0 amide bonds. The van der Waals surface area contributed by atoms with Crippen LogP contribution in [0, 0.1) is 0 Å². The molecule has 16 heavy (non-hydrogen) atoms. The van der Waals surface area contributed by atoms with Crippen LogP contribution in [0.3, 0.4) is 0 Å². The van der Waals surface area contributed by atoms with Crippen LogP contribution in [0.15, 0.2) is 52.0 Å². The molecular formula is C13H9NOS. The van der Waals surface area contributed by atoms with E-state index in [9.17, 15) is 4.79 Å². The molecule has 0 saturated carbocycles. The lowest BCUT2D eigenvalue weighted by atomic mass is 10.1. The molecule has 1 N–H and O–H groups in total. The maximum Gasteiger partial charge on any atom is 0.256 e. The van der Waals surface area contributed by atoms with Gasteiger partial charge < -0.3 is 4.98 Å². The third kappa shape index (κ3) is 1.46. The van der Waals surface area contributed by atoms with Crippen LogP contribution in [0.4, 0.5) is 0 Å². The van der Waals surface area contributed by atoms with Gasteiger partial charge in [0.25, 0.3) is 5.56 Å². The molecule has 0 aliphatic heterocycles. The number of para-hydroxylation sites is 1. The quantitative estimate of drug-likeness (QED) is 0.680. The van der Waals surface area contributed by atoms with Crippen molar-refractivity contribution in [2.45, 2.75) is 0 Å². The Morgan fingerprint density at radius 1 is 1.12 bits per heavy atom. The van der Waals surface area contributed by atoms with Gasteiger partial charge >= 0.3 is 0 Å². The first-order chi connectivity index (χ1) is 7.84. The zero-order valence-electron chi connectivity index (χ0n) is 8.44. The lowest BCUT2D eigenvalue weighted by Gasteiger charge is -2.00. The summed E-state index contributed by atoms with van der Waals surface area (Å²) in [5.74, 6) is 0. The van der Waals surface area contributed by atoms with E-state index in [0.29, 0.717) is 0 Å². The summed E-state index contributed by atoms with van der Waals surface area (Å²) in [6, 6.07) is 11.7. The normalized spacial score (nSPS) is 10.8. The third-order valence-corrected chi connectivity index (χ3v) is 3.27. The van der Waals surface area contributed by atoms with Gasteiger partial charge in [0, 0.05) is 11.1 Å². The minimum absolute atomic E-state index is 0.0305. The van der Waals surface area contributed by atoms with Gasteiger partial charge in [0.15, 0.2) is 0 Å². The molecule has 0 radical (unpaired) electrons. The summed E-state index contributed by atoms with van der Waals surface area (Å²) in [7, 11) is 0. The molecule has 0 bridgehead atoms. The highest BCUT2D eigenvalue weighted by Gasteiger charge is 2.04. The molecule has 0 saturated heterocycles. The first kappa shape index (κ1) is 9.36. The second kappa shape index (κ2) is 3.61. The second-order valence-electron chi connectivity index (χ2n) is 3.61. The number of fused-ring (bicyclic) bond motifs is 1. The molecule has 78 valence electrons. The van der Waals surface area contributed by atoms with E-state index in [1.165, 1.54) is 0 Å². The average Bonchev–Trinajstić information content (AvgIpc) is 2.81. The molecule has 2 heterocycles. The van der Waals surface area contributed by atoms with Crippen LogP contribution in [0.25, 0.3) is 22.0 Å². The molecule has 2 nitrogen and oxygen atoms in total. The predicted octanol–water partition coefficient (Wildman–Crippen LogP) is 3.26. The summed E-state index contributed by atoms with van der Waals surface area (Å²) in [5.41, 5.74) is 2.57. The SMILES string of the molecule is O=c1[nH]c2ccccc2cc1-c1ccsc1. The Balaban J connectivity index is 2.34. The fourth-order valence-electron chi connectivity index (χ4n) is 1.78. The third-order valence-electron chi connectivity index (χ3n) is 2.59. The molecule has 0 spiro atoms. The molecule has 0 aliphatic carbocycles. The highest BCUT2D eigenvalue weighted by molar-refractivity contribution is 7.08. The van der Waals surface area contributed by atoms with Crippen LogP contribution in [-0.2, 0) is 0 Å². The van der Waals surface area contributed by atoms with Gasteiger partial charge in [-0.15, -0.1) is 0 Å². The Hall–Kier alpha value is -1.87. The number of hydrogen-bond acceptors (Lipinski definition) is 2. The lowest BCUT2D eigenvalue weighted by molar-refractivity contribution is 1.31. The number of H-pyrrole nitrogens is 1. The number of rotatable bonds is 1. The van der Waals surface area contributed by atoms with Crippen molar-refractivity contribution < 1.29 is 0 Å².